The molecule has 2 heterocycles. The van der Waals surface area contributed by atoms with Gasteiger partial charge in [-0.1, -0.05) is 19.8 Å². The molecule has 34 heavy (non-hydrogen) atoms. The highest BCUT2D eigenvalue weighted by Gasteiger charge is 2.55. The first kappa shape index (κ1) is 24.4. The molecule has 1 spiro atoms. The third-order valence-corrected chi connectivity index (χ3v) is 8.75. The Morgan fingerprint density at radius 3 is 2.68 bits per heavy atom. The summed E-state index contributed by atoms with van der Waals surface area (Å²) in [7, 11) is -2.40. The van der Waals surface area contributed by atoms with Crippen LogP contribution < -0.4 is 15.4 Å². The summed E-state index contributed by atoms with van der Waals surface area (Å²) in [5.74, 6) is -0.796. The topological polar surface area (TPSA) is 134 Å². The number of carbonyl (C=O) groups excluding carboxylic acids is 3. The van der Waals surface area contributed by atoms with Crippen molar-refractivity contribution in [1.29, 1.82) is 0 Å². The number of nitrogens with one attached hydrogen (secondary N) is 2. The van der Waals surface area contributed by atoms with Crippen molar-refractivity contribution in [1.82, 2.24) is 14.5 Å². The molecule has 1 aliphatic carbocycles. The average Bonchev–Trinajstić information content (AvgIpc) is 3.06. The first-order chi connectivity index (χ1) is 16.2. The van der Waals surface area contributed by atoms with Crippen LogP contribution in [0.2, 0.25) is 0 Å². The van der Waals surface area contributed by atoms with E-state index in [1.54, 1.807) is 0 Å². The fourth-order valence-electron chi connectivity index (χ4n) is 4.85. The number of sulfonamides is 1. The minimum atomic E-state index is -3.79. The van der Waals surface area contributed by atoms with E-state index < -0.39 is 40.0 Å². The fraction of sp³-hybridized carbons (Fsp3) is 0.591. The zero-order valence-corrected chi connectivity index (χ0v) is 20.2. The van der Waals surface area contributed by atoms with E-state index in [1.165, 1.54) is 29.6 Å². The Balaban J connectivity index is 1.51. The molecule has 2 atom stereocenters. The van der Waals surface area contributed by atoms with E-state index >= 15 is 0 Å². The molecule has 11 nitrogen and oxygen atoms in total. The average molecular weight is 495 g/mol. The molecule has 186 valence electrons. The van der Waals surface area contributed by atoms with Crippen molar-refractivity contribution in [3.05, 3.63) is 18.2 Å². The molecule has 2 N–H and O–H groups in total. The normalized spacial score (nSPS) is 25.9. The number of nitrogens with zero attached hydrogens (tertiary/aromatic N) is 2. The zero-order chi connectivity index (χ0) is 24.5. The van der Waals surface area contributed by atoms with Crippen molar-refractivity contribution < 1.29 is 32.3 Å². The Bertz CT molecular complexity index is 1090. The van der Waals surface area contributed by atoms with Gasteiger partial charge in [-0.25, -0.2) is 13.2 Å². The first-order valence-corrected chi connectivity index (χ1v) is 12.8. The van der Waals surface area contributed by atoms with Gasteiger partial charge in [-0.2, -0.15) is 4.31 Å². The van der Waals surface area contributed by atoms with Gasteiger partial charge in [0.25, 0.3) is 5.91 Å². The SMILES string of the molecule is COc1ccc(S(=O)(=O)N2CCOCC2)cc1NC(=O)CN1C(=O)N[C@@]2(CCCC[C@@H]2C)C1=O. The summed E-state index contributed by atoms with van der Waals surface area (Å²) in [6, 6.07) is 3.59. The Labute approximate surface area is 198 Å². The number of morpholine rings is 1. The molecular formula is C22H30N4O7S. The lowest BCUT2D eigenvalue weighted by Gasteiger charge is -2.36. The molecule has 3 aliphatic rings. The standard InChI is InChI=1S/C22H30N4O7S/c1-15-5-3-4-8-22(15)20(28)26(21(29)24-22)14-19(27)23-17-13-16(6-7-18(17)32-2)34(30,31)25-9-11-33-12-10-25/h6-7,13,15H,3-5,8-12,14H2,1-2H3,(H,23,27)(H,24,29)/t15-,22+/m0/s1. The molecule has 2 saturated heterocycles. The van der Waals surface area contributed by atoms with Crippen molar-refractivity contribution in [2.45, 2.75) is 43.0 Å². The third-order valence-electron chi connectivity index (χ3n) is 6.86. The van der Waals surface area contributed by atoms with Gasteiger partial charge in [0.2, 0.25) is 15.9 Å². The number of urea groups is 1. The minimum Gasteiger partial charge on any atom is -0.495 e. The van der Waals surface area contributed by atoms with Crippen LogP contribution in [-0.2, 0) is 24.3 Å². The van der Waals surface area contributed by atoms with E-state index in [4.69, 9.17) is 9.47 Å². The van der Waals surface area contributed by atoms with Gasteiger partial charge in [0.05, 0.1) is 30.9 Å². The van der Waals surface area contributed by atoms with Crippen molar-refractivity contribution in [3.8, 4) is 5.75 Å². The monoisotopic (exact) mass is 494 g/mol. The molecule has 4 rings (SSSR count). The predicted molar refractivity (Wildman–Crippen MR) is 122 cm³/mol. The van der Waals surface area contributed by atoms with Gasteiger partial charge in [-0.3, -0.25) is 14.5 Å². The molecule has 0 unspecified atom stereocenters. The van der Waals surface area contributed by atoms with Crippen molar-refractivity contribution in [2.24, 2.45) is 5.92 Å². The van der Waals surface area contributed by atoms with Crippen LogP contribution in [0.3, 0.4) is 0 Å². The Morgan fingerprint density at radius 2 is 2.00 bits per heavy atom. The summed E-state index contributed by atoms with van der Waals surface area (Å²) in [4.78, 5) is 39.4. The highest BCUT2D eigenvalue weighted by atomic mass is 32.2. The molecule has 0 aromatic heterocycles. The molecule has 12 heteroatoms. The molecule has 1 aromatic carbocycles. The van der Waals surface area contributed by atoms with Gasteiger partial charge in [0.1, 0.15) is 17.8 Å². The number of methoxy groups -OCH3 is 1. The molecule has 0 bridgehead atoms. The zero-order valence-electron chi connectivity index (χ0n) is 19.3. The number of amides is 4. The van der Waals surface area contributed by atoms with E-state index in [1.807, 2.05) is 6.92 Å². The van der Waals surface area contributed by atoms with Gasteiger partial charge in [0, 0.05) is 13.1 Å². The number of imide groups is 1. The third kappa shape index (κ3) is 4.37. The van der Waals surface area contributed by atoms with Crippen molar-refractivity contribution in [3.63, 3.8) is 0 Å². The fourth-order valence-corrected chi connectivity index (χ4v) is 6.29. The molecule has 3 fully saturated rings. The van der Waals surface area contributed by atoms with E-state index in [-0.39, 0.29) is 35.3 Å². The summed E-state index contributed by atoms with van der Waals surface area (Å²) in [5, 5.41) is 5.42. The number of hydrogen-bond acceptors (Lipinski definition) is 7. The first-order valence-electron chi connectivity index (χ1n) is 11.4. The molecule has 1 aromatic rings. The van der Waals surface area contributed by atoms with E-state index in [0.717, 1.165) is 24.2 Å². The number of ether oxygens (including phenoxy) is 2. The molecule has 0 radical (unpaired) electrons. The predicted octanol–water partition coefficient (Wildman–Crippen LogP) is 1.16. The lowest BCUT2D eigenvalue weighted by Crippen LogP contribution is -2.54. The van der Waals surface area contributed by atoms with Crippen LogP contribution in [0, 0.1) is 5.92 Å². The number of carbonyl (C=O) groups is 3. The lowest BCUT2D eigenvalue weighted by molar-refractivity contribution is -0.136. The van der Waals surface area contributed by atoms with Crippen molar-refractivity contribution in [2.75, 3.05) is 45.3 Å². The number of benzene rings is 1. The number of rotatable bonds is 6. The van der Waals surface area contributed by atoms with Gasteiger partial charge >= 0.3 is 6.03 Å². The van der Waals surface area contributed by atoms with Gasteiger partial charge in [-0.15, -0.1) is 0 Å². The van der Waals surface area contributed by atoms with Crippen LogP contribution in [0.1, 0.15) is 32.6 Å². The molecule has 1 saturated carbocycles. The van der Waals surface area contributed by atoms with E-state index in [0.29, 0.717) is 19.6 Å². The summed E-state index contributed by atoms with van der Waals surface area (Å²) in [5.41, 5.74) is -0.825. The highest BCUT2D eigenvalue weighted by molar-refractivity contribution is 7.89. The van der Waals surface area contributed by atoms with Crippen LogP contribution in [0.25, 0.3) is 0 Å². The second-order valence-electron chi connectivity index (χ2n) is 8.87. The minimum absolute atomic E-state index is 0.00419. The molecule has 4 amide bonds. The number of anilines is 1. The van der Waals surface area contributed by atoms with Crippen LogP contribution in [0.4, 0.5) is 10.5 Å². The molecule has 2 aliphatic heterocycles. The van der Waals surface area contributed by atoms with E-state index in [2.05, 4.69) is 10.6 Å². The lowest BCUT2D eigenvalue weighted by atomic mass is 9.73. The maximum Gasteiger partial charge on any atom is 0.325 e. The van der Waals surface area contributed by atoms with Crippen molar-refractivity contribution >= 4 is 33.6 Å². The second-order valence-corrected chi connectivity index (χ2v) is 10.8. The smallest absolute Gasteiger partial charge is 0.325 e. The van der Waals surface area contributed by atoms with Crippen LogP contribution in [-0.4, -0.2) is 81.0 Å². The number of hydrogen-bond donors (Lipinski definition) is 2. The van der Waals surface area contributed by atoms with Gasteiger partial charge in [0.15, 0.2) is 0 Å². The summed E-state index contributed by atoms with van der Waals surface area (Å²) >= 11 is 0. The maximum absolute atomic E-state index is 13.1. The van der Waals surface area contributed by atoms with Crippen LogP contribution >= 0.6 is 0 Å². The summed E-state index contributed by atoms with van der Waals surface area (Å²) in [6.07, 6.45) is 3.20. The second kappa shape index (κ2) is 9.51. The van der Waals surface area contributed by atoms with Crippen LogP contribution in [0.15, 0.2) is 23.1 Å². The summed E-state index contributed by atoms with van der Waals surface area (Å²) in [6.45, 7) is 2.55. The van der Waals surface area contributed by atoms with Gasteiger partial charge in [-0.05, 0) is 37.0 Å². The highest BCUT2D eigenvalue weighted by Crippen LogP contribution is 2.38. The maximum atomic E-state index is 13.1. The quantitative estimate of drug-likeness (QED) is 0.567. The summed E-state index contributed by atoms with van der Waals surface area (Å²) < 4.78 is 37.8. The van der Waals surface area contributed by atoms with Crippen LogP contribution in [0.5, 0.6) is 5.75 Å². The van der Waals surface area contributed by atoms with Gasteiger partial charge < -0.3 is 20.1 Å². The van der Waals surface area contributed by atoms with E-state index in [9.17, 15) is 22.8 Å². The Kier molecular flexibility index (Phi) is 6.83. The Morgan fingerprint density at radius 1 is 1.26 bits per heavy atom. The Hall–Kier alpha value is -2.70. The molecular weight excluding hydrogens is 464 g/mol. The largest absolute Gasteiger partial charge is 0.495 e.